The number of rotatable bonds is 11. The van der Waals surface area contributed by atoms with Crippen molar-refractivity contribution in [3.05, 3.63) is 94.9 Å². The number of furan rings is 1. The molecule has 0 amide bonds. The van der Waals surface area contributed by atoms with Crippen molar-refractivity contribution in [3.63, 3.8) is 0 Å². The van der Waals surface area contributed by atoms with E-state index in [2.05, 4.69) is 94.4 Å². The quantitative estimate of drug-likeness (QED) is 0.0796. The molecule has 1 N–H and O–H groups in total. The van der Waals surface area contributed by atoms with Crippen LogP contribution >= 0.6 is 11.3 Å². The number of carbonyl (C=O) groups is 1. The number of aliphatic hydroxyl groups excluding tert-OH is 1. The standard InChI is InChI=1S/C33H31N2OS.C15H28O2.Ir/c1-19(2)12-23-18-37-30-15-21(9-10-24(23)30)26-16-28(35-32-31(26)20(3)17-36-32)22-13-27(33(4,5)6)25-8-7-11-34-29(25)14-22;1-7-14(5,8-2)12(16)11-13(17)15(6,9-3)10-4;/h7-11,13,15-19H,12H2,1-6H3;11,16H,7-10H2,1-6H3;/q-1;;/b;12-11-;. The number of aryl methyl sites for hydroxylation is 1. The first-order chi connectivity index (χ1) is 25.5. The van der Waals surface area contributed by atoms with Crippen molar-refractivity contribution in [2.45, 2.75) is 121 Å². The summed E-state index contributed by atoms with van der Waals surface area (Å²) in [6.45, 7) is 25.4. The zero-order valence-corrected chi connectivity index (χ0v) is 38.1. The smallest absolute Gasteiger partial charge is 0.217 e. The predicted molar refractivity (Wildman–Crippen MR) is 229 cm³/mol. The summed E-state index contributed by atoms with van der Waals surface area (Å²) in [4.78, 5) is 21.8. The van der Waals surface area contributed by atoms with Gasteiger partial charge in [-0.15, -0.1) is 34.6 Å². The Bertz CT molecular complexity index is 2300. The third-order valence-corrected chi connectivity index (χ3v) is 12.6. The summed E-state index contributed by atoms with van der Waals surface area (Å²) in [5.74, 6) is 0.924. The Morgan fingerprint density at radius 2 is 1.62 bits per heavy atom. The number of nitrogens with zero attached hydrogens (tertiary/aromatic N) is 2. The molecular weight excluding hydrogens is 877 g/mol. The maximum absolute atomic E-state index is 12.2. The van der Waals surface area contributed by atoms with Crippen molar-refractivity contribution >= 4 is 49.2 Å². The van der Waals surface area contributed by atoms with Crippen molar-refractivity contribution < 1.29 is 34.4 Å². The number of carbonyl (C=O) groups excluding carboxylic acids is 1. The fourth-order valence-corrected chi connectivity index (χ4v) is 7.97. The van der Waals surface area contributed by atoms with Crippen LogP contribution in [-0.4, -0.2) is 20.9 Å². The van der Waals surface area contributed by atoms with Gasteiger partial charge in [-0.05, 0) is 101 Å². The zero-order valence-electron chi connectivity index (χ0n) is 34.9. The molecular formula is C48H59IrN2O3S-. The molecule has 4 aromatic heterocycles. The van der Waals surface area contributed by atoms with Gasteiger partial charge in [0, 0.05) is 53.3 Å². The first-order valence-electron chi connectivity index (χ1n) is 19.6. The van der Waals surface area contributed by atoms with E-state index >= 15 is 0 Å². The third kappa shape index (κ3) is 9.33. The molecule has 0 aliphatic rings. The van der Waals surface area contributed by atoms with Crippen molar-refractivity contribution in [3.8, 4) is 22.4 Å². The topological polar surface area (TPSA) is 76.2 Å². The largest absolute Gasteiger partial charge is 0.512 e. The van der Waals surface area contributed by atoms with Gasteiger partial charge in [-0.2, -0.15) is 0 Å². The van der Waals surface area contributed by atoms with Gasteiger partial charge in [0.2, 0.25) is 5.71 Å². The van der Waals surface area contributed by atoms with E-state index in [0.717, 1.165) is 70.8 Å². The number of aromatic nitrogens is 2. The van der Waals surface area contributed by atoms with Gasteiger partial charge in [0.1, 0.15) is 5.76 Å². The van der Waals surface area contributed by atoms with Gasteiger partial charge in [0.05, 0.1) is 6.26 Å². The second-order valence-electron chi connectivity index (χ2n) is 16.9. The normalized spacial score (nSPS) is 12.6. The van der Waals surface area contributed by atoms with E-state index in [1.807, 2.05) is 71.4 Å². The molecule has 4 heterocycles. The molecule has 0 unspecified atom stereocenters. The molecule has 1 radical (unpaired) electrons. The van der Waals surface area contributed by atoms with Crippen molar-refractivity contribution in [1.82, 2.24) is 9.97 Å². The molecule has 295 valence electrons. The van der Waals surface area contributed by atoms with Crippen LogP contribution in [0.15, 0.2) is 76.6 Å². The van der Waals surface area contributed by atoms with Crippen LogP contribution in [-0.2, 0) is 36.7 Å². The molecule has 55 heavy (non-hydrogen) atoms. The van der Waals surface area contributed by atoms with Gasteiger partial charge in [0.25, 0.3) is 0 Å². The second-order valence-corrected chi connectivity index (χ2v) is 17.8. The minimum Gasteiger partial charge on any atom is -0.512 e. The fourth-order valence-electron chi connectivity index (χ4n) is 6.96. The van der Waals surface area contributed by atoms with Gasteiger partial charge < -0.3 is 9.52 Å². The van der Waals surface area contributed by atoms with Gasteiger partial charge in [-0.1, -0.05) is 112 Å². The number of hydrogen-bond donors (Lipinski definition) is 1. The van der Waals surface area contributed by atoms with Crippen molar-refractivity contribution in [2.24, 2.45) is 16.7 Å². The summed E-state index contributed by atoms with van der Waals surface area (Å²) >= 11 is 1.83. The Labute approximate surface area is 346 Å². The zero-order chi connectivity index (χ0) is 39.6. The SMILES string of the molecule is CCC(C)(CC)C(=O)/C=C(\O)C(C)(CC)CC.Cc1coc2nc(-c3[c-]c4ncccc4c(C(C)(C)C)c3)cc(-c3ccc4c(CC(C)C)csc4c3)c12.[Ir]. The summed E-state index contributed by atoms with van der Waals surface area (Å²) in [7, 11) is 0. The van der Waals surface area contributed by atoms with Crippen LogP contribution in [0.4, 0.5) is 0 Å². The van der Waals surface area contributed by atoms with Crippen LogP contribution in [0.2, 0.25) is 0 Å². The molecule has 5 nitrogen and oxygen atoms in total. The molecule has 0 aliphatic heterocycles. The van der Waals surface area contributed by atoms with E-state index in [1.54, 1.807) is 0 Å². The van der Waals surface area contributed by atoms with Crippen LogP contribution in [0.25, 0.3) is 54.5 Å². The molecule has 0 spiro atoms. The molecule has 2 aromatic carbocycles. The number of allylic oxidation sites excluding steroid dienone is 2. The molecule has 6 aromatic rings. The van der Waals surface area contributed by atoms with Crippen LogP contribution in [0.1, 0.15) is 119 Å². The first-order valence-corrected chi connectivity index (χ1v) is 20.5. The van der Waals surface area contributed by atoms with Crippen molar-refractivity contribution in [2.75, 3.05) is 0 Å². The van der Waals surface area contributed by atoms with Crippen LogP contribution in [0.5, 0.6) is 0 Å². The van der Waals surface area contributed by atoms with Gasteiger partial charge in [0.15, 0.2) is 5.78 Å². The molecule has 7 heteroatoms. The number of pyridine rings is 2. The third-order valence-electron chi connectivity index (χ3n) is 11.6. The van der Waals surface area contributed by atoms with Crippen molar-refractivity contribution in [1.29, 1.82) is 0 Å². The maximum Gasteiger partial charge on any atom is 0.217 e. The summed E-state index contributed by atoms with van der Waals surface area (Å²) in [6.07, 6.45) is 9.49. The molecule has 0 aliphatic carbocycles. The average Bonchev–Trinajstić information content (AvgIpc) is 3.74. The summed E-state index contributed by atoms with van der Waals surface area (Å²) < 4.78 is 7.27. The van der Waals surface area contributed by atoms with E-state index in [-0.39, 0.29) is 47.9 Å². The summed E-state index contributed by atoms with van der Waals surface area (Å²) in [5, 5.41) is 16.0. The second kappa shape index (κ2) is 17.7. The minimum atomic E-state index is -0.337. The van der Waals surface area contributed by atoms with Gasteiger partial charge >= 0.3 is 0 Å². The predicted octanol–water partition coefficient (Wildman–Crippen LogP) is 14.2. The fraction of sp³-hybridized carbons (Fsp3) is 0.438. The Morgan fingerprint density at radius 1 is 0.945 bits per heavy atom. The molecule has 0 saturated carbocycles. The Balaban J connectivity index is 0.000000320. The van der Waals surface area contributed by atoms with Gasteiger partial charge in [-0.25, -0.2) is 0 Å². The maximum atomic E-state index is 12.2. The number of benzene rings is 2. The Kier molecular flexibility index (Phi) is 14.2. The number of ketones is 1. The minimum absolute atomic E-state index is 0. The van der Waals surface area contributed by atoms with E-state index < -0.39 is 0 Å². The van der Waals surface area contributed by atoms with Gasteiger partial charge in [-0.3, -0.25) is 14.8 Å². The van der Waals surface area contributed by atoms with Crippen LogP contribution < -0.4 is 0 Å². The number of hydrogen-bond acceptors (Lipinski definition) is 6. The van der Waals surface area contributed by atoms with E-state index in [9.17, 15) is 9.90 Å². The average molecular weight is 936 g/mol. The monoisotopic (exact) mass is 936 g/mol. The number of thiophene rings is 1. The Hall–Kier alpha value is -3.64. The number of fused-ring (bicyclic) bond motifs is 3. The molecule has 0 atom stereocenters. The van der Waals surface area contributed by atoms with E-state index in [1.165, 1.54) is 32.9 Å². The molecule has 6 rings (SSSR count). The van der Waals surface area contributed by atoms with Crippen LogP contribution in [0.3, 0.4) is 0 Å². The van der Waals surface area contributed by atoms with E-state index in [0.29, 0.717) is 11.6 Å². The molecule has 0 bridgehead atoms. The summed E-state index contributed by atoms with van der Waals surface area (Å²) in [5.41, 5.74) is 8.74. The first kappa shape index (κ1) is 44.1. The molecule has 0 saturated heterocycles. The van der Waals surface area contributed by atoms with Crippen LogP contribution in [0, 0.1) is 29.7 Å². The number of aliphatic hydroxyl groups is 1. The van der Waals surface area contributed by atoms with E-state index in [4.69, 9.17) is 9.40 Å². The molecule has 0 fully saturated rings. The summed E-state index contributed by atoms with van der Waals surface area (Å²) in [6, 6.07) is 18.9. The Morgan fingerprint density at radius 3 is 2.24 bits per heavy atom.